The number of rotatable bonds is 2. The number of hydrogen-bond donors (Lipinski definition) is 1. The normalized spacial score (nSPS) is 30.0. The van der Waals surface area contributed by atoms with E-state index < -0.39 is 17.4 Å². The number of fused-ring (bicyclic) bond motifs is 7. The number of likely N-dealkylation sites (tertiary alicyclic amines) is 1. The van der Waals surface area contributed by atoms with Gasteiger partial charge in [0, 0.05) is 36.6 Å². The van der Waals surface area contributed by atoms with E-state index in [0.717, 1.165) is 38.9 Å². The summed E-state index contributed by atoms with van der Waals surface area (Å²) in [4.78, 5) is 17.0. The molecule has 4 aliphatic rings. The lowest BCUT2D eigenvalue weighted by molar-refractivity contribution is -0.136. The quantitative estimate of drug-likeness (QED) is 0.495. The topological polar surface area (TPSA) is 56.9 Å². The summed E-state index contributed by atoms with van der Waals surface area (Å²) < 4.78 is 46.1. The van der Waals surface area contributed by atoms with Gasteiger partial charge in [0.2, 0.25) is 0 Å². The van der Waals surface area contributed by atoms with Gasteiger partial charge < -0.3 is 9.52 Å². The Bertz CT molecular complexity index is 1200. The van der Waals surface area contributed by atoms with Gasteiger partial charge in [-0.3, -0.25) is 9.80 Å². The van der Waals surface area contributed by atoms with Gasteiger partial charge in [0.1, 0.15) is 11.3 Å². The average Bonchev–Trinajstić information content (AvgIpc) is 2.80. The average molecular weight is 475 g/mol. The Balaban J connectivity index is 1.38. The number of phenolic OH excluding ortho intramolecular Hbond substituents is 1. The van der Waals surface area contributed by atoms with Gasteiger partial charge >= 0.3 is 11.8 Å². The van der Waals surface area contributed by atoms with Crippen molar-refractivity contribution in [3.63, 3.8) is 0 Å². The van der Waals surface area contributed by atoms with Crippen LogP contribution in [0, 0.1) is 11.8 Å². The molecule has 4 heterocycles. The summed E-state index contributed by atoms with van der Waals surface area (Å²) in [6.07, 6.45) is 4.77. The molecule has 3 saturated heterocycles. The Morgan fingerprint density at radius 1 is 1.15 bits per heavy atom. The molecule has 4 atom stereocenters. The number of alkyl halides is 3. The Hall–Kier alpha value is -2.32. The van der Waals surface area contributed by atoms with Crippen molar-refractivity contribution >= 4 is 11.0 Å². The van der Waals surface area contributed by atoms with Crippen LogP contribution >= 0.6 is 0 Å². The van der Waals surface area contributed by atoms with Crippen LogP contribution in [0.2, 0.25) is 0 Å². The van der Waals surface area contributed by atoms with E-state index in [1.165, 1.54) is 37.0 Å². The van der Waals surface area contributed by atoms with Crippen molar-refractivity contribution in [3.05, 3.63) is 51.4 Å². The minimum atomic E-state index is -4.69. The molecule has 1 aromatic carbocycles. The highest BCUT2D eigenvalue weighted by molar-refractivity contribution is 5.85. The van der Waals surface area contributed by atoms with Crippen LogP contribution in [0.15, 0.2) is 39.1 Å². The monoisotopic (exact) mass is 474 g/mol. The fraction of sp³-hybridized carbons (Fsp3) is 0.577. The van der Waals surface area contributed by atoms with E-state index >= 15 is 0 Å². The third kappa shape index (κ3) is 3.66. The number of nitrogens with zero attached hydrogens (tertiary/aromatic N) is 2. The minimum absolute atomic E-state index is 0.139. The van der Waals surface area contributed by atoms with Crippen molar-refractivity contribution in [2.45, 2.75) is 63.3 Å². The van der Waals surface area contributed by atoms with Crippen LogP contribution in [0.3, 0.4) is 0 Å². The van der Waals surface area contributed by atoms with Crippen LogP contribution in [0.1, 0.15) is 49.7 Å². The van der Waals surface area contributed by atoms with Gasteiger partial charge in [0.05, 0.1) is 11.1 Å². The first-order valence-electron chi connectivity index (χ1n) is 12.3. The first-order valence-corrected chi connectivity index (χ1v) is 12.3. The first kappa shape index (κ1) is 22.2. The van der Waals surface area contributed by atoms with Gasteiger partial charge in [-0.25, -0.2) is 4.79 Å². The smallest absolute Gasteiger partial charge is 0.417 e. The second kappa shape index (κ2) is 8.12. The number of benzene rings is 1. The molecule has 2 aromatic rings. The van der Waals surface area contributed by atoms with Crippen molar-refractivity contribution in [3.8, 4) is 5.75 Å². The third-order valence-corrected chi connectivity index (χ3v) is 8.42. The molecule has 0 spiro atoms. The molecule has 1 aliphatic carbocycles. The molecule has 0 radical (unpaired) electrons. The Morgan fingerprint density at radius 3 is 2.82 bits per heavy atom. The van der Waals surface area contributed by atoms with Crippen LogP contribution in [0.4, 0.5) is 13.2 Å². The van der Waals surface area contributed by atoms with E-state index in [-0.39, 0.29) is 34.9 Å². The van der Waals surface area contributed by atoms with Crippen molar-refractivity contribution in [2.75, 3.05) is 19.6 Å². The van der Waals surface area contributed by atoms with Crippen LogP contribution < -0.4 is 5.63 Å². The molecule has 5 nitrogen and oxygen atoms in total. The maximum atomic E-state index is 13.6. The minimum Gasteiger partial charge on any atom is -0.507 e. The van der Waals surface area contributed by atoms with Gasteiger partial charge in [0.25, 0.3) is 0 Å². The van der Waals surface area contributed by atoms with Gasteiger partial charge in [-0.05, 0) is 69.2 Å². The predicted octanol–water partition coefficient (Wildman–Crippen LogP) is 4.91. The lowest BCUT2D eigenvalue weighted by atomic mass is 9.68. The van der Waals surface area contributed by atoms with Crippen molar-refractivity contribution in [1.82, 2.24) is 9.80 Å². The van der Waals surface area contributed by atoms with E-state index in [0.29, 0.717) is 23.9 Å². The van der Waals surface area contributed by atoms with Crippen molar-refractivity contribution < 1.29 is 22.7 Å². The molecule has 0 amide bonds. The summed E-state index contributed by atoms with van der Waals surface area (Å²) in [6.45, 7) is 3.24. The van der Waals surface area contributed by atoms with Crippen LogP contribution in [-0.2, 0) is 12.7 Å². The molecule has 8 heteroatoms. The second-order valence-electron chi connectivity index (χ2n) is 10.4. The zero-order chi connectivity index (χ0) is 23.6. The highest BCUT2D eigenvalue weighted by Gasteiger charge is 2.46. The SMILES string of the molecule is O=c1cc(C(F)(F)F)c2ccc(O)c(CN3CCCC4=CC5CC(CN6CCCC[C@H]56)[C@@H]43)c2o1. The molecule has 34 heavy (non-hydrogen) atoms. The molecule has 3 fully saturated rings. The molecule has 1 aromatic heterocycles. The van der Waals surface area contributed by atoms with E-state index in [2.05, 4.69) is 15.9 Å². The summed E-state index contributed by atoms with van der Waals surface area (Å²) in [6, 6.07) is 3.81. The maximum Gasteiger partial charge on any atom is 0.417 e. The van der Waals surface area contributed by atoms with Crippen LogP contribution in [0.25, 0.3) is 11.0 Å². The summed E-state index contributed by atoms with van der Waals surface area (Å²) in [5, 5.41) is 10.5. The summed E-state index contributed by atoms with van der Waals surface area (Å²) in [5.74, 6) is 0.914. The molecule has 6 rings (SSSR count). The number of hydrogen-bond acceptors (Lipinski definition) is 5. The van der Waals surface area contributed by atoms with Crippen molar-refractivity contribution in [2.24, 2.45) is 11.8 Å². The largest absolute Gasteiger partial charge is 0.507 e. The van der Waals surface area contributed by atoms with Crippen LogP contribution in [-0.4, -0.2) is 46.6 Å². The first-order chi connectivity index (χ1) is 16.3. The second-order valence-corrected chi connectivity index (χ2v) is 10.4. The molecule has 0 saturated carbocycles. The predicted molar refractivity (Wildman–Crippen MR) is 121 cm³/mol. The molecule has 182 valence electrons. The van der Waals surface area contributed by atoms with E-state index in [1.807, 2.05) is 0 Å². The fourth-order valence-electron chi connectivity index (χ4n) is 7.12. The van der Waals surface area contributed by atoms with Crippen molar-refractivity contribution in [1.29, 1.82) is 0 Å². The number of piperidine rings is 3. The number of aromatic hydroxyl groups is 1. The highest BCUT2D eigenvalue weighted by atomic mass is 19.4. The van der Waals surface area contributed by atoms with E-state index in [1.54, 1.807) is 0 Å². The summed E-state index contributed by atoms with van der Waals surface area (Å²) in [7, 11) is 0. The number of halogens is 3. The maximum absolute atomic E-state index is 13.6. The van der Waals surface area contributed by atoms with Gasteiger partial charge in [-0.15, -0.1) is 0 Å². The summed E-state index contributed by atoms with van der Waals surface area (Å²) in [5.41, 5.74) is -0.548. The Labute approximate surface area is 195 Å². The standard InChI is InChI=1S/C26H29F3N2O3/c27-26(28,29)20-12-23(33)34-25-18(20)6-7-22(32)19(25)14-31-9-3-4-15-10-16-11-17(24(15)31)13-30-8-2-1-5-21(16)30/h6-7,10,12,16-17,21,24,32H,1-5,8-9,11,13-14H2/t16?,17?,21-,24-/m1/s1. The zero-order valence-electron chi connectivity index (χ0n) is 19.0. The Kier molecular flexibility index (Phi) is 5.30. The fourth-order valence-corrected chi connectivity index (χ4v) is 7.12. The van der Waals surface area contributed by atoms with Gasteiger partial charge in [-0.1, -0.05) is 18.1 Å². The third-order valence-electron chi connectivity index (χ3n) is 8.42. The summed E-state index contributed by atoms with van der Waals surface area (Å²) >= 11 is 0. The van der Waals surface area contributed by atoms with Gasteiger partial charge in [-0.2, -0.15) is 13.2 Å². The molecule has 1 N–H and O–H groups in total. The molecule has 2 bridgehead atoms. The number of phenols is 1. The molecule has 2 unspecified atom stereocenters. The molecule has 3 aliphatic heterocycles. The van der Waals surface area contributed by atoms with E-state index in [9.17, 15) is 23.1 Å². The lowest BCUT2D eigenvalue weighted by Gasteiger charge is -2.54. The van der Waals surface area contributed by atoms with E-state index in [4.69, 9.17) is 4.42 Å². The molecular weight excluding hydrogens is 445 g/mol. The van der Waals surface area contributed by atoms with Gasteiger partial charge in [0.15, 0.2) is 0 Å². The molecular formula is C26H29F3N2O3. The van der Waals surface area contributed by atoms with Crippen LogP contribution in [0.5, 0.6) is 5.75 Å². The highest BCUT2D eigenvalue weighted by Crippen LogP contribution is 2.46. The zero-order valence-corrected chi connectivity index (χ0v) is 19.0. The lowest BCUT2D eigenvalue weighted by Crippen LogP contribution is -2.59. The Morgan fingerprint density at radius 2 is 2.00 bits per heavy atom.